The topological polar surface area (TPSA) is 118 Å². The molecule has 1 atom stereocenters. The largest absolute Gasteiger partial charge is 0.386 e. The number of urea groups is 1. The number of anilines is 1. The van der Waals surface area contributed by atoms with E-state index in [0.29, 0.717) is 5.56 Å². The van der Waals surface area contributed by atoms with Crippen molar-refractivity contribution in [1.29, 1.82) is 0 Å². The highest BCUT2D eigenvalue weighted by Crippen LogP contribution is 2.50. The van der Waals surface area contributed by atoms with Crippen molar-refractivity contribution in [3.63, 3.8) is 0 Å². The molecule has 162 valence electrons. The van der Waals surface area contributed by atoms with Crippen molar-refractivity contribution in [2.75, 3.05) is 5.32 Å². The predicted octanol–water partition coefficient (Wildman–Crippen LogP) is 4.15. The van der Waals surface area contributed by atoms with Crippen LogP contribution in [0.3, 0.4) is 0 Å². The number of nitrogens with one attached hydrogen (secondary N) is 1. The van der Waals surface area contributed by atoms with Gasteiger partial charge in [-0.1, -0.05) is 6.92 Å². The molecule has 1 unspecified atom stereocenters. The summed E-state index contributed by atoms with van der Waals surface area (Å²) in [6.07, 6.45) is 4.95. The Bertz CT molecular complexity index is 1150. The summed E-state index contributed by atoms with van der Waals surface area (Å²) in [5, 5.41) is 20.6. The van der Waals surface area contributed by atoms with E-state index in [0.717, 1.165) is 71.6 Å². The zero-order valence-electron chi connectivity index (χ0n) is 17.7. The van der Waals surface area contributed by atoms with E-state index in [1.807, 2.05) is 6.92 Å². The molecule has 0 aromatic carbocycles. The number of fused-ring (bicyclic) bond motifs is 1. The van der Waals surface area contributed by atoms with Crippen LogP contribution in [0.1, 0.15) is 68.1 Å². The van der Waals surface area contributed by atoms with E-state index in [1.165, 1.54) is 0 Å². The van der Waals surface area contributed by atoms with Crippen molar-refractivity contribution >= 4 is 33.0 Å². The molecular formula is C21H28N4O3S2. The second-order valence-corrected chi connectivity index (χ2v) is 12.0. The number of aliphatic hydroxyl groups is 1. The van der Waals surface area contributed by atoms with E-state index in [2.05, 4.69) is 16.6 Å². The summed E-state index contributed by atoms with van der Waals surface area (Å²) in [5.41, 5.74) is 4.41. The summed E-state index contributed by atoms with van der Waals surface area (Å²) in [6, 6.07) is 0.821. The second kappa shape index (κ2) is 7.12. The van der Waals surface area contributed by atoms with E-state index in [-0.39, 0.29) is 9.62 Å². The summed E-state index contributed by atoms with van der Waals surface area (Å²) in [4.78, 5) is 17.6. The van der Waals surface area contributed by atoms with Crippen LogP contribution in [-0.4, -0.2) is 20.3 Å². The van der Waals surface area contributed by atoms with E-state index in [4.69, 9.17) is 10.1 Å². The Kier molecular flexibility index (Phi) is 5.08. The molecule has 4 rings (SSSR count). The van der Waals surface area contributed by atoms with E-state index < -0.39 is 21.5 Å². The standard InChI is InChI=1S/C21H28N4O3S2/c1-12-17(14-6-5-7-15(14)23-18(12)21(4)8-9-21)24-19(26)25-30(22,28)16-10-13(11-29-16)20(2,3)27/h10-11,27H,5-9H2,1-4H3,(H3,22,23,24,25,26,28). The minimum atomic E-state index is -3.42. The van der Waals surface area contributed by atoms with Crippen LogP contribution in [0.2, 0.25) is 0 Å². The molecular weight excluding hydrogens is 420 g/mol. The molecule has 0 radical (unpaired) electrons. The summed E-state index contributed by atoms with van der Waals surface area (Å²) >= 11 is 1.12. The lowest BCUT2D eigenvalue weighted by Gasteiger charge is -2.19. The van der Waals surface area contributed by atoms with Gasteiger partial charge in [0.25, 0.3) is 0 Å². The molecule has 1 fully saturated rings. The van der Waals surface area contributed by atoms with Crippen LogP contribution in [0.5, 0.6) is 0 Å². The zero-order valence-corrected chi connectivity index (χ0v) is 19.4. The van der Waals surface area contributed by atoms with Gasteiger partial charge < -0.3 is 10.4 Å². The van der Waals surface area contributed by atoms with Gasteiger partial charge in [0, 0.05) is 11.1 Å². The number of rotatable bonds is 4. The van der Waals surface area contributed by atoms with Crippen molar-refractivity contribution in [2.24, 2.45) is 9.50 Å². The average Bonchev–Trinajstić information content (AvgIpc) is 3.06. The van der Waals surface area contributed by atoms with Gasteiger partial charge in [0.2, 0.25) is 0 Å². The van der Waals surface area contributed by atoms with Crippen LogP contribution in [-0.2, 0) is 33.8 Å². The van der Waals surface area contributed by atoms with E-state index >= 15 is 0 Å². The third-order valence-corrected chi connectivity index (χ3v) is 8.92. The molecule has 2 aromatic heterocycles. The van der Waals surface area contributed by atoms with Crippen LogP contribution in [0, 0.1) is 6.92 Å². The van der Waals surface area contributed by atoms with Gasteiger partial charge in [-0.15, -0.1) is 15.7 Å². The Hall–Kier alpha value is -1.81. The molecule has 1 saturated carbocycles. The number of amides is 2. The molecule has 0 aliphatic heterocycles. The lowest BCUT2D eigenvalue weighted by Crippen LogP contribution is -2.19. The minimum Gasteiger partial charge on any atom is -0.386 e. The normalized spacial score (nSPS) is 19.1. The first kappa shape index (κ1) is 21.4. The van der Waals surface area contributed by atoms with Crippen molar-refractivity contribution < 1.29 is 14.1 Å². The Morgan fingerprint density at radius 2 is 2.10 bits per heavy atom. The molecule has 2 amide bonds. The molecule has 0 saturated heterocycles. The molecule has 9 heteroatoms. The van der Waals surface area contributed by atoms with Gasteiger partial charge in [0.1, 0.15) is 4.21 Å². The first-order valence-electron chi connectivity index (χ1n) is 10.1. The van der Waals surface area contributed by atoms with Gasteiger partial charge in [-0.3, -0.25) is 4.98 Å². The number of nitrogens with two attached hydrogens (primary N) is 1. The number of aromatic nitrogens is 1. The van der Waals surface area contributed by atoms with Gasteiger partial charge in [-0.25, -0.2) is 14.1 Å². The lowest BCUT2D eigenvalue weighted by molar-refractivity contribution is 0.0789. The molecule has 2 aliphatic carbocycles. The summed E-state index contributed by atoms with van der Waals surface area (Å²) in [7, 11) is -3.42. The van der Waals surface area contributed by atoms with Crippen molar-refractivity contribution in [2.45, 2.75) is 75.0 Å². The molecule has 7 nitrogen and oxygen atoms in total. The molecule has 2 heterocycles. The molecule has 4 N–H and O–H groups in total. The highest BCUT2D eigenvalue weighted by molar-refractivity contribution is 7.93. The molecule has 0 bridgehead atoms. The van der Waals surface area contributed by atoms with Crippen molar-refractivity contribution in [3.8, 4) is 0 Å². The molecule has 0 spiro atoms. The maximum atomic E-state index is 13.0. The first-order valence-corrected chi connectivity index (χ1v) is 12.6. The summed E-state index contributed by atoms with van der Waals surface area (Å²) in [5.74, 6) is 0. The summed E-state index contributed by atoms with van der Waals surface area (Å²) in [6.45, 7) is 7.44. The fraction of sp³-hybridized carbons (Fsp3) is 0.524. The third kappa shape index (κ3) is 3.91. The quantitative estimate of drug-likeness (QED) is 0.651. The van der Waals surface area contributed by atoms with Gasteiger partial charge in [-0.05, 0) is 81.0 Å². The number of carbonyl (C=O) groups excluding carboxylic acids is 1. The van der Waals surface area contributed by atoms with Crippen LogP contribution in [0.25, 0.3) is 0 Å². The number of hydrogen-bond donors (Lipinski definition) is 3. The number of thiophene rings is 1. The zero-order chi connectivity index (χ0) is 21.9. The van der Waals surface area contributed by atoms with Gasteiger partial charge >= 0.3 is 6.03 Å². The van der Waals surface area contributed by atoms with Crippen LogP contribution < -0.4 is 10.5 Å². The number of aryl methyl sites for hydroxylation is 1. The van der Waals surface area contributed by atoms with Crippen LogP contribution in [0.4, 0.5) is 10.5 Å². The van der Waals surface area contributed by atoms with Crippen LogP contribution in [0.15, 0.2) is 20.0 Å². The fourth-order valence-electron chi connectivity index (χ4n) is 3.95. The van der Waals surface area contributed by atoms with Crippen molar-refractivity contribution in [3.05, 3.63) is 39.5 Å². The molecule has 2 aliphatic rings. The highest BCUT2D eigenvalue weighted by Gasteiger charge is 2.43. The fourth-order valence-corrected chi connectivity index (χ4v) is 6.23. The Balaban J connectivity index is 1.67. The van der Waals surface area contributed by atoms with E-state index in [9.17, 15) is 14.1 Å². The average molecular weight is 449 g/mol. The lowest BCUT2D eigenvalue weighted by atomic mass is 9.96. The number of carbonyl (C=O) groups is 1. The first-order chi connectivity index (χ1) is 13.9. The number of nitrogens with zero attached hydrogens (tertiary/aromatic N) is 2. The van der Waals surface area contributed by atoms with Crippen molar-refractivity contribution in [1.82, 2.24) is 4.98 Å². The summed E-state index contributed by atoms with van der Waals surface area (Å²) < 4.78 is 17.0. The second-order valence-electron chi connectivity index (χ2n) is 9.10. The Morgan fingerprint density at radius 1 is 1.40 bits per heavy atom. The van der Waals surface area contributed by atoms with Gasteiger partial charge in [-0.2, -0.15) is 0 Å². The number of pyridine rings is 1. The van der Waals surface area contributed by atoms with Crippen LogP contribution >= 0.6 is 11.3 Å². The van der Waals surface area contributed by atoms with E-state index in [1.54, 1.807) is 25.3 Å². The molecule has 30 heavy (non-hydrogen) atoms. The van der Waals surface area contributed by atoms with Gasteiger partial charge in [0.05, 0.1) is 17.0 Å². The van der Waals surface area contributed by atoms with Gasteiger partial charge in [0.15, 0.2) is 9.92 Å². The SMILES string of the molecule is Cc1c(C2(C)CC2)nc2c(c1NC(=O)N=S(N)(=O)c1cc(C(C)(C)O)cs1)CCC2. The highest BCUT2D eigenvalue weighted by atomic mass is 32.2. The molecule has 2 aromatic rings. The monoisotopic (exact) mass is 448 g/mol. The maximum absolute atomic E-state index is 13.0. The minimum absolute atomic E-state index is 0.0736. The predicted molar refractivity (Wildman–Crippen MR) is 119 cm³/mol. The Labute approximate surface area is 181 Å². The smallest absolute Gasteiger partial charge is 0.354 e. The maximum Gasteiger partial charge on any atom is 0.354 e. The Morgan fingerprint density at radius 3 is 2.70 bits per heavy atom. The third-order valence-electron chi connectivity index (χ3n) is 6.06. The number of hydrogen-bond acceptors (Lipinski definition) is 5.